The molecule has 0 unspecified atom stereocenters. The predicted molar refractivity (Wildman–Crippen MR) is 260 cm³/mol. The first kappa shape index (κ1) is 34.8. The summed E-state index contributed by atoms with van der Waals surface area (Å²) in [5, 5.41) is 12.4. The summed E-state index contributed by atoms with van der Waals surface area (Å²) in [6.45, 7) is 0. The van der Waals surface area contributed by atoms with Gasteiger partial charge in [0.15, 0.2) is 8.07 Å². The second kappa shape index (κ2) is 13.5. The van der Waals surface area contributed by atoms with Gasteiger partial charge in [0.2, 0.25) is 0 Å². The van der Waals surface area contributed by atoms with E-state index in [0.29, 0.717) is 0 Å². The van der Waals surface area contributed by atoms with Crippen LogP contribution in [0.1, 0.15) is 0 Å². The minimum atomic E-state index is -2.93. The molecule has 4 aromatic heterocycles. The maximum absolute atomic E-state index is 5.78. The van der Waals surface area contributed by atoms with E-state index in [9.17, 15) is 0 Å². The van der Waals surface area contributed by atoms with Gasteiger partial charge in [0.05, 0.1) is 22.1 Å². The summed E-state index contributed by atoms with van der Waals surface area (Å²) in [6.07, 6.45) is 6.00. The van der Waals surface area contributed by atoms with E-state index in [0.717, 1.165) is 66.3 Å². The molecule has 8 aromatic carbocycles. The topological polar surface area (TPSA) is 43.6 Å². The maximum Gasteiger partial charge on any atom is 0.181 e. The lowest BCUT2D eigenvalue weighted by molar-refractivity contribution is 1.10. The van der Waals surface area contributed by atoms with Crippen molar-refractivity contribution in [3.05, 3.63) is 219 Å². The zero-order valence-electron chi connectivity index (χ0n) is 33.6. The van der Waals surface area contributed by atoms with Crippen LogP contribution in [-0.2, 0) is 0 Å². The molecule has 0 aliphatic carbocycles. The Morgan fingerprint density at radius 1 is 0.435 bits per heavy atom. The monoisotopic (exact) mass is 804 g/mol. The van der Waals surface area contributed by atoms with Gasteiger partial charge in [0, 0.05) is 51.1 Å². The quantitative estimate of drug-likeness (QED) is 0.129. The molecule has 0 atom stereocenters. The highest BCUT2D eigenvalue weighted by Crippen LogP contribution is 2.46. The van der Waals surface area contributed by atoms with Crippen LogP contribution in [0.2, 0.25) is 0 Å². The van der Waals surface area contributed by atoms with Crippen LogP contribution in [0.25, 0.3) is 93.6 Å². The molecule has 0 radical (unpaired) electrons. The van der Waals surface area contributed by atoms with Crippen LogP contribution >= 0.6 is 0 Å². The number of para-hydroxylation sites is 1. The fraction of sp³-hybridized carbons (Fsp3) is 0. The molecule has 0 fully saturated rings. The van der Waals surface area contributed by atoms with E-state index >= 15 is 0 Å². The molecule has 5 heterocycles. The standard InChI is InChI=1S/C57H36N4Si/c1-5-17-37(18-6-1)41-32-34-59-54-42(41)29-30-43-47(38-19-7-2-8-20-38)35-51(60-55(43)54)61-49-27-15-13-25-45(49)52-48-36-58-33-31-44(48)57-53(56(52)61)46-26-14-16-28-50(46)62(57,39-21-9-3-10-22-39)40-23-11-4-12-24-40/h1-36H. The number of hydrogen-bond acceptors (Lipinski definition) is 3. The summed E-state index contributed by atoms with van der Waals surface area (Å²) in [5.41, 5.74) is 11.1. The van der Waals surface area contributed by atoms with Crippen molar-refractivity contribution >= 4 is 83.2 Å². The Morgan fingerprint density at radius 3 is 1.77 bits per heavy atom. The first-order chi connectivity index (χ1) is 30.8. The second-order valence-electron chi connectivity index (χ2n) is 16.3. The minimum Gasteiger partial charge on any atom is -0.293 e. The Hall–Kier alpha value is -7.99. The molecular formula is C57H36N4Si. The van der Waals surface area contributed by atoms with Gasteiger partial charge in [-0.1, -0.05) is 176 Å². The third-order valence-corrected chi connectivity index (χ3v) is 18.1. The number of pyridine rings is 3. The number of fused-ring (bicyclic) bond motifs is 13. The zero-order valence-corrected chi connectivity index (χ0v) is 34.6. The van der Waals surface area contributed by atoms with E-state index in [1.165, 1.54) is 48.0 Å². The molecule has 0 saturated heterocycles. The number of hydrogen-bond donors (Lipinski definition) is 0. The lowest BCUT2D eigenvalue weighted by atomic mass is 9.96. The molecule has 0 saturated carbocycles. The van der Waals surface area contributed by atoms with Crippen molar-refractivity contribution < 1.29 is 0 Å². The maximum atomic E-state index is 5.78. The Morgan fingerprint density at radius 2 is 1.05 bits per heavy atom. The molecule has 62 heavy (non-hydrogen) atoms. The molecule has 1 aliphatic heterocycles. The van der Waals surface area contributed by atoms with Crippen LogP contribution in [0.5, 0.6) is 0 Å². The van der Waals surface area contributed by atoms with Crippen molar-refractivity contribution in [2.45, 2.75) is 0 Å². The summed E-state index contributed by atoms with van der Waals surface area (Å²) in [4.78, 5) is 15.8. The summed E-state index contributed by atoms with van der Waals surface area (Å²) in [6, 6.07) is 73.0. The summed E-state index contributed by atoms with van der Waals surface area (Å²) in [7, 11) is -2.93. The summed E-state index contributed by atoms with van der Waals surface area (Å²) < 4.78 is 2.46. The predicted octanol–water partition coefficient (Wildman–Crippen LogP) is 11.1. The van der Waals surface area contributed by atoms with E-state index in [1.807, 2.05) is 12.4 Å². The lowest BCUT2D eigenvalue weighted by Crippen LogP contribution is -2.73. The van der Waals surface area contributed by atoms with E-state index in [4.69, 9.17) is 15.0 Å². The van der Waals surface area contributed by atoms with Crippen molar-refractivity contribution in [1.82, 2.24) is 19.5 Å². The fourth-order valence-corrected chi connectivity index (χ4v) is 16.1. The first-order valence-corrected chi connectivity index (χ1v) is 23.2. The number of rotatable bonds is 5. The molecule has 0 N–H and O–H groups in total. The van der Waals surface area contributed by atoms with Gasteiger partial charge in [-0.2, -0.15) is 0 Å². The molecule has 0 bridgehead atoms. The molecule has 5 heteroatoms. The first-order valence-electron chi connectivity index (χ1n) is 21.2. The van der Waals surface area contributed by atoms with E-state index in [-0.39, 0.29) is 0 Å². The molecule has 0 spiro atoms. The third-order valence-electron chi connectivity index (χ3n) is 13.2. The van der Waals surface area contributed by atoms with Crippen molar-refractivity contribution in [1.29, 1.82) is 0 Å². The van der Waals surface area contributed by atoms with Crippen molar-refractivity contribution in [3.63, 3.8) is 0 Å². The van der Waals surface area contributed by atoms with Gasteiger partial charge < -0.3 is 0 Å². The third kappa shape index (κ3) is 4.79. The second-order valence-corrected chi connectivity index (χ2v) is 19.9. The van der Waals surface area contributed by atoms with E-state index in [2.05, 4.69) is 211 Å². The molecule has 12 aromatic rings. The van der Waals surface area contributed by atoms with Crippen molar-refractivity contribution in [3.8, 4) is 39.2 Å². The summed E-state index contributed by atoms with van der Waals surface area (Å²) >= 11 is 0. The van der Waals surface area contributed by atoms with Crippen LogP contribution in [0.4, 0.5) is 0 Å². The smallest absolute Gasteiger partial charge is 0.181 e. The Kier molecular flexibility index (Phi) is 7.59. The van der Waals surface area contributed by atoms with Gasteiger partial charge in [-0.15, -0.1) is 0 Å². The molecule has 1 aliphatic rings. The lowest BCUT2D eigenvalue weighted by Gasteiger charge is -2.32. The van der Waals surface area contributed by atoms with Crippen LogP contribution in [0, 0.1) is 0 Å². The Labute approximate surface area is 359 Å². The average molecular weight is 805 g/mol. The highest BCUT2D eigenvalue weighted by molar-refractivity contribution is 7.23. The molecular weight excluding hydrogens is 769 g/mol. The minimum absolute atomic E-state index is 0.850. The van der Waals surface area contributed by atoms with Gasteiger partial charge in [0.25, 0.3) is 0 Å². The number of aromatic nitrogens is 4. The van der Waals surface area contributed by atoms with Crippen molar-refractivity contribution in [2.75, 3.05) is 0 Å². The Balaban J connectivity index is 1.25. The van der Waals surface area contributed by atoms with E-state index in [1.54, 1.807) is 0 Å². The Bertz CT molecular complexity index is 3700. The van der Waals surface area contributed by atoms with Crippen molar-refractivity contribution in [2.24, 2.45) is 0 Å². The van der Waals surface area contributed by atoms with Crippen LogP contribution in [0.3, 0.4) is 0 Å². The zero-order chi connectivity index (χ0) is 40.8. The van der Waals surface area contributed by atoms with Crippen LogP contribution in [-0.4, -0.2) is 27.6 Å². The van der Waals surface area contributed by atoms with Crippen LogP contribution < -0.4 is 20.7 Å². The van der Waals surface area contributed by atoms with Gasteiger partial charge in [-0.25, -0.2) is 4.98 Å². The molecule has 0 amide bonds. The fourth-order valence-electron chi connectivity index (χ4n) is 10.7. The van der Waals surface area contributed by atoms with Crippen LogP contribution in [0.15, 0.2) is 219 Å². The van der Waals surface area contributed by atoms with Gasteiger partial charge >= 0.3 is 0 Å². The molecule has 13 rings (SSSR count). The summed E-state index contributed by atoms with van der Waals surface area (Å²) in [5.74, 6) is 0.850. The molecule has 288 valence electrons. The highest BCUT2D eigenvalue weighted by atomic mass is 28.3. The average Bonchev–Trinajstić information content (AvgIpc) is 3.86. The SMILES string of the molecule is c1ccc(-c2ccnc3c2ccc2c(-c4ccccc4)cc(-n4c5ccccc5c5c6cnccc6c6c(c54)-c4ccccc4[Si]6(c4ccccc4)c4ccccc4)nc23)cc1. The van der Waals surface area contributed by atoms with Gasteiger partial charge in [0.1, 0.15) is 5.82 Å². The highest BCUT2D eigenvalue weighted by Gasteiger charge is 2.51. The largest absolute Gasteiger partial charge is 0.293 e. The molecule has 4 nitrogen and oxygen atoms in total. The van der Waals surface area contributed by atoms with E-state index < -0.39 is 8.07 Å². The number of benzene rings is 8. The van der Waals surface area contributed by atoms with Gasteiger partial charge in [-0.05, 0) is 78.2 Å². The normalized spacial score (nSPS) is 13.0. The van der Waals surface area contributed by atoms with Gasteiger partial charge in [-0.3, -0.25) is 14.5 Å². The number of nitrogens with zero attached hydrogens (tertiary/aromatic N) is 4.